The Balaban J connectivity index is 1.93. The van der Waals surface area contributed by atoms with E-state index in [4.69, 9.17) is 0 Å². The van der Waals surface area contributed by atoms with Crippen molar-refractivity contribution in [2.45, 2.75) is 58.7 Å². The Labute approximate surface area is 211 Å². The van der Waals surface area contributed by atoms with E-state index in [0.717, 1.165) is 5.56 Å². The third-order valence-corrected chi connectivity index (χ3v) is 6.55. The third kappa shape index (κ3) is 7.55. The molecule has 0 radical (unpaired) electrons. The lowest BCUT2D eigenvalue weighted by Crippen LogP contribution is -2.50. The van der Waals surface area contributed by atoms with Crippen molar-refractivity contribution in [2.24, 2.45) is 5.92 Å². The van der Waals surface area contributed by atoms with E-state index in [1.165, 1.54) is 11.8 Å². The topological polar surface area (TPSA) is 109 Å². The maximum absolute atomic E-state index is 13.4. The predicted molar refractivity (Wildman–Crippen MR) is 137 cm³/mol. The Bertz CT molecular complexity index is 1010. The van der Waals surface area contributed by atoms with Crippen LogP contribution in [0.15, 0.2) is 30.3 Å². The van der Waals surface area contributed by atoms with Crippen LogP contribution in [0.1, 0.15) is 49.9 Å². The lowest BCUT2D eigenvalue weighted by Gasteiger charge is -2.28. The Morgan fingerprint density at radius 1 is 1.14 bits per heavy atom. The summed E-state index contributed by atoms with van der Waals surface area (Å²) in [6.07, 6.45) is 3.04. The molecule has 2 N–H and O–H groups in total. The van der Waals surface area contributed by atoms with Crippen molar-refractivity contribution in [2.75, 3.05) is 25.1 Å². The summed E-state index contributed by atoms with van der Waals surface area (Å²) in [5.74, 6) is 1.29. The fourth-order valence-corrected chi connectivity index (χ4v) is 4.63. The van der Waals surface area contributed by atoms with Gasteiger partial charge >= 0.3 is 0 Å². The first-order chi connectivity index (χ1) is 16.8. The highest BCUT2D eigenvalue weighted by molar-refractivity contribution is 7.99. The van der Waals surface area contributed by atoms with Crippen LogP contribution in [0, 0.1) is 12.8 Å². The molecule has 1 aromatic carbocycles. The van der Waals surface area contributed by atoms with Crippen molar-refractivity contribution in [1.82, 2.24) is 30.3 Å². The summed E-state index contributed by atoms with van der Waals surface area (Å²) in [7, 11) is 0. The molecule has 3 amide bonds. The molecular weight excluding hydrogens is 464 g/mol. The first kappa shape index (κ1) is 26.7. The molecule has 0 saturated carbocycles. The summed E-state index contributed by atoms with van der Waals surface area (Å²) in [4.78, 5) is 45.4. The average Bonchev–Trinajstić information content (AvgIpc) is 3.19. The van der Waals surface area contributed by atoms with E-state index in [1.807, 2.05) is 57.4 Å². The molecule has 9 nitrogen and oxygen atoms in total. The molecule has 0 fully saturated rings. The molecule has 2 atom stereocenters. The second kappa shape index (κ2) is 12.7. The first-order valence-electron chi connectivity index (χ1n) is 12.1. The van der Waals surface area contributed by atoms with Gasteiger partial charge in [0.1, 0.15) is 17.7 Å². The summed E-state index contributed by atoms with van der Waals surface area (Å²) >= 11 is 1.48. The monoisotopic (exact) mass is 500 g/mol. The van der Waals surface area contributed by atoms with Crippen molar-refractivity contribution in [3.63, 3.8) is 0 Å². The van der Waals surface area contributed by atoms with Crippen LogP contribution in [-0.2, 0) is 27.3 Å². The van der Waals surface area contributed by atoms with Gasteiger partial charge in [-0.25, -0.2) is 9.67 Å². The number of nitrogens with one attached hydrogen (secondary N) is 2. The zero-order chi connectivity index (χ0) is 25.4. The molecule has 0 unspecified atom stereocenters. The number of aromatic nitrogens is 3. The molecular formula is C25H36N6O3S. The van der Waals surface area contributed by atoms with E-state index in [-0.39, 0.29) is 30.1 Å². The van der Waals surface area contributed by atoms with Crippen LogP contribution in [-0.4, -0.2) is 68.5 Å². The molecule has 1 aliphatic rings. The van der Waals surface area contributed by atoms with Crippen LogP contribution in [0.2, 0.25) is 0 Å². The van der Waals surface area contributed by atoms with Gasteiger partial charge in [-0.3, -0.25) is 14.4 Å². The summed E-state index contributed by atoms with van der Waals surface area (Å²) < 4.78 is 1.80. The van der Waals surface area contributed by atoms with Crippen LogP contribution in [0.5, 0.6) is 0 Å². The number of amides is 3. The number of fused-ring (bicyclic) bond motifs is 1. The van der Waals surface area contributed by atoms with Crippen molar-refractivity contribution in [3.05, 3.63) is 47.5 Å². The van der Waals surface area contributed by atoms with Gasteiger partial charge in [0.05, 0.1) is 18.3 Å². The van der Waals surface area contributed by atoms with Crippen LogP contribution < -0.4 is 10.6 Å². The van der Waals surface area contributed by atoms with Crippen molar-refractivity contribution < 1.29 is 14.4 Å². The van der Waals surface area contributed by atoms with Gasteiger partial charge in [-0.1, -0.05) is 44.2 Å². The van der Waals surface area contributed by atoms with Gasteiger partial charge in [0.15, 0.2) is 0 Å². The average molecular weight is 501 g/mol. The SMILES string of the molecule is CSCC(=O)N1CCCC(=O)N[C@@H](Cc2ccccc2)C(=O)N[C@H](C(C)C)c2nc(C)nn2CC1. The second-order valence-electron chi connectivity index (χ2n) is 9.20. The fraction of sp³-hybridized carbons (Fsp3) is 0.560. The highest BCUT2D eigenvalue weighted by Crippen LogP contribution is 2.21. The van der Waals surface area contributed by atoms with E-state index < -0.39 is 12.1 Å². The summed E-state index contributed by atoms with van der Waals surface area (Å²) in [6, 6.07) is 8.53. The normalized spacial score (nSPS) is 20.1. The number of aryl methyl sites for hydroxylation is 1. The summed E-state index contributed by atoms with van der Waals surface area (Å²) in [5, 5.41) is 10.6. The molecule has 3 rings (SSSR count). The van der Waals surface area contributed by atoms with E-state index in [1.54, 1.807) is 9.58 Å². The number of benzene rings is 1. The Hall–Kier alpha value is -2.88. The minimum absolute atomic E-state index is 0.0384. The molecule has 0 bridgehead atoms. The van der Waals surface area contributed by atoms with E-state index in [0.29, 0.717) is 49.9 Å². The summed E-state index contributed by atoms with van der Waals surface area (Å²) in [6.45, 7) is 7.26. The zero-order valence-corrected chi connectivity index (χ0v) is 21.8. The Morgan fingerprint density at radius 3 is 2.57 bits per heavy atom. The molecule has 1 aliphatic heterocycles. The van der Waals surface area contributed by atoms with Crippen LogP contribution >= 0.6 is 11.8 Å². The lowest BCUT2D eigenvalue weighted by molar-refractivity contribution is -0.130. The Kier molecular flexibility index (Phi) is 9.71. The highest BCUT2D eigenvalue weighted by Gasteiger charge is 2.29. The lowest BCUT2D eigenvalue weighted by atomic mass is 10.0. The number of hydrogen-bond acceptors (Lipinski definition) is 6. The number of carbonyl (C=O) groups is 3. The summed E-state index contributed by atoms with van der Waals surface area (Å²) in [5.41, 5.74) is 0.961. The number of carbonyl (C=O) groups excluding carboxylic acids is 3. The molecule has 0 saturated heterocycles. The second-order valence-corrected chi connectivity index (χ2v) is 10.1. The number of hydrogen-bond donors (Lipinski definition) is 2. The maximum Gasteiger partial charge on any atom is 0.243 e. The number of nitrogens with zero attached hydrogens (tertiary/aromatic N) is 4. The minimum Gasteiger partial charge on any atom is -0.344 e. The maximum atomic E-state index is 13.4. The van der Waals surface area contributed by atoms with Gasteiger partial charge in [-0.15, -0.1) is 0 Å². The standard InChI is InChI=1S/C25H36N6O3S/c1-17(2)23-24-26-18(3)29-31(24)14-13-30(22(33)16-35-4)12-8-11-21(32)27-20(25(34)28-23)15-19-9-6-5-7-10-19/h5-7,9-10,17,20,23H,8,11-16H2,1-4H3,(H,27,32)(H,28,34)/t20-,23+/m0/s1. The molecule has 2 heterocycles. The van der Waals surface area contributed by atoms with E-state index in [9.17, 15) is 14.4 Å². The number of rotatable bonds is 5. The van der Waals surface area contributed by atoms with Gasteiger partial charge in [0, 0.05) is 25.9 Å². The van der Waals surface area contributed by atoms with Gasteiger partial charge < -0.3 is 15.5 Å². The van der Waals surface area contributed by atoms with Crippen molar-refractivity contribution in [1.29, 1.82) is 0 Å². The van der Waals surface area contributed by atoms with Crippen molar-refractivity contribution >= 4 is 29.5 Å². The highest BCUT2D eigenvalue weighted by atomic mass is 32.2. The van der Waals surface area contributed by atoms with Gasteiger partial charge in [-0.05, 0) is 31.1 Å². The number of thioether (sulfide) groups is 1. The molecule has 0 aliphatic carbocycles. The van der Waals surface area contributed by atoms with Crippen LogP contribution in [0.25, 0.3) is 0 Å². The van der Waals surface area contributed by atoms with E-state index >= 15 is 0 Å². The third-order valence-electron chi connectivity index (χ3n) is 6.02. The molecule has 1 aromatic heterocycles. The van der Waals surface area contributed by atoms with Gasteiger partial charge in [0.25, 0.3) is 0 Å². The zero-order valence-electron chi connectivity index (χ0n) is 21.0. The Morgan fingerprint density at radius 2 is 1.89 bits per heavy atom. The molecule has 190 valence electrons. The minimum atomic E-state index is -0.721. The quantitative estimate of drug-likeness (QED) is 0.651. The largest absolute Gasteiger partial charge is 0.344 e. The molecule has 35 heavy (non-hydrogen) atoms. The fourth-order valence-electron chi connectivity index (χ4n) is 4.20. The predicted octanol–water partition coefficient (Wildman–Crippen LogP) is 2.11. The van der Waals surface area contributed by atoms with E-state index in [2.05, 4.69) is 20.7 Å². The van der Waals surface area contributed by atoms with Crippen LogP contribution in [0.4, 0.5) is 0 Å². The smallest absolute Gasteiger partial charge is 0.243 e. The molecule has 0 spiro atoms. The van der Waals surface area contributed by atoms with Gasteiger partial charge in [-0.2, -0.15) is 16.9 Å². The molecule has 10 heteroatoms. The van der Waals surface area contributed by atoms with Gasteiger partial charge in [0.2, 0.25) is 17.7 Å². The van der Waals surface area contributed by atoms with Crippen LogP contribution in [0.3, 0.4) is 0 Å². The molecule has 2 aromatic rings. The van der Waals surface area contributed by atoms with Crippen molar-refractivity contribution in [3.8, 4) is 0 Å². The first-order valence-corrected chi connectivity index (χ1v) is 13.5.